The van der Waals surface area contributed by atoms with E-state index >= 15 is 0 Å². The molecule has 30 heavy (non-hydrogen) atoms. The van der Waals surface area contributed by atoms with Crippen LogP contribution in [0.3, 0.4) is 0 Å². The van der Waals surface area contributed by atoms with Gasteiger partial charge in [0, 0.05) is 11.1 Å². The van der Waals surface area contributed by atoms with E-state index in [1.807, 2.05) is 0 Å². The Bertz CT molecular complexity index is 1040. The molecule has 156 valence electrons. The van der Waals surface area contributed by atoms with Crippen LogP contribution in [-0.2, 0) is 24.6 Å². The largest absolute Gasteiger partial charge is 0.416 e. The molecule has 0 aromatic heterocycles. The first kappa shape index (κ1) is 20.7. The summed E-state index contributed by atoms with van der Waals surface area (Å²) in [5, 5.41) is 2.26. The van der Waals surface area contributed by atoms with Gasteiger partial charge in [-0.1, -0.05) is 66.7 Å². The van der Waals surface area contributed by atoms with Gasteiger partial charge in [0.1, 0.15) is 5.54 Å². The van der Waals surface area contributed by atoms with Crippen molar-refractivity contribution in [2.24, 2.45) is 0 Å². The van der Waals surface area contributed by atoms with Crippen molar-refractivity contribution in [3.63, 3.8) is 0 Å². The second kappa shape index (κ2) is 7.92. The minimum absolute atomic E-state index is 0.182. The molecule has 2 unspecified atom stereocenters. The molecule has 4 heteroatoms. The molecule has 0 spiro atoms. The van der Waals surface area contributed by atoms with Crippen molar-refractivity contribution in [3.8, 4) is 0 Å². The number of nitrogens with two attached hydrogens (primary N) is 1. The van der Waals surface area contributed by atoms with E-state index in [1.165, 1.54) is 34.4 Å². The highest BCUT2D eigenvalue weighted by atomic mass is 19.4. The average Bonchev–Trinajstić information content (AvgIpc) is 2.86. The molecule has 3 aromatic rings. The molecule has 2 N–H and O–H groups in total. The summed E-state index contributed by atoms with van der Waals surface area (Å²) >= 11 is 0. The second-order valence-electron chi connectivity index (χ2n) is 8.37. The molecule has 0 radical (unpaired) electrons. The average molecular weight is 411 g/mol. The Balaban J connectivity index is 1.70. The highest BCUT2D eigenvalue weighted by molar-refractivity contribution is 5.48. The number of benzene rings is 3. The van der Waals surface area contributed by atoms with E-state index in [1.54, 1.807) is 6.07 Å². The number of halogens is 3. The maximum atomic E-state index is 13.1. The third-order valence-corrected chi connectivity index (χ3v) is 6.62. The molecular formula is C26H27F3N+. The Kier molecular flexibility index (Phi) is 5.46. The van der Waals surface area contributed by atoms with Gasteiger partial charge in [-0.05, 0) is 54.9 Å². The molecule has 2 atom stereocenters. The van der Waals surface area contributed by atoms with Gasteiger partial charge in [-0.2, -0.15) is 13.2 Å². The molecule has 3 aromatic carbocycles. The lowest BCUT2D eigenvalue weighted by molar-refractivity contribution is -0.698. The van der Waals surface area contributed by atoms with Crippen molar-refractivity contribution in [1.29, 1.82) is 0 Å². The van der Waals surface area contributed by atoms with Crippen molar-refractivity contribution in [1.82, 2.24) is 0 Å². The Labute approximate surface area is 176 Å². The molecule has 0 saturated carbocycles. The fourth-order valence-electron chi connectivity index (χ4n) is 4.86. The van der Waals surface area contributed by atoms with E-state index < -0.39 is 11.7 Å². The van der Waals surface area contributed by atoms with Crippen molar-refractivity contribution in [3.05, 3.63) is 106 Å². The number of hydrogen-bond donors (Lipinski definition) is 1. The minimum atomic E-state index is -4.30. The van der Waals surface area contributed by atoms with Gasteiger partial charge in [-0.25, -0.2) is 0 Å². The third-order valence-electron chi connectivity index (χ3n) is 6.62. The zero-order valence-corrected chi connectivity index (χ0v) is 17.3. The fraction of sp³-hybridized carbons (Fsp3) is 0.308. The molecule has 0 saturated heterocycles. The first-order valence-electron chi connectivity index (χ1n) is 10.5. The van der Waals surface area contributed by atoms with Crippen LogP contribution in [0.25, 0.3) is 0 Å². The summed E-state index contributed by atoms with van der Waals surface area (Å²) in [7, 11) is 2.11. The Hall–Kier alpha value is -2.59. The quantitative estimate of drug-likeness (QED) is 0.590. The van der Waals surface area contributed by atoms with E-state index in [0.717, 1.165) is 24.5 Å². The SMILES string of the molecule is C[NH2+]C1(C)c2ccccc2CC(CCc2cccc(C(F)(F)F)c2)c2ccccc21. The van der Waals surface area contributed by atoms with Crippen LogP contribution in [-0.4, -0.2) is 7.05 Å². The van der Waals surface area contributed by atoms with Gasteiger partial charge in [0.25, 0.3) is 0 Å². The Morgan fingerprint density at radius 1 is 0.933 bits per heavy atom. The number of quaternary nitrogens is 1. The minimum Gasteiger partial charge on any atom is -0.336 e. The zero-order valence-electron chi connectivity index (χ0n) is 17.3. The van der Waals surface area contributed by atoms with Crippen LogP contribution < -0.4 is 5.32 Å². The molecule has 0 amide bonds. The predicted molar refractivity (Wildman–Crippen MR) is 113 cm³/mol. The number of fused-ring (bicyclic) bond motifs is 2. The van der Waals surface area contributed by atoms with Gasteiger partial charge in [0.15, 0.2) is 0 Å². The number of alkyl halides is 3. The van der Waals surface area contributed by atoms with E-state index in [-0.39, 0.29) is 11.5 Å². The lowest BCUT2D eigenvalue weighted by Gasteiger charge is -2.29. The van der Waals surface area contributed by atoms with Crippen LogP contribution in [0, 0.1) is 0 Å². The monoisotopic (exact) mass is 410 g/mol. The van der Waals surface area contributed by atoms with Gasteiger partial charge >= 0.3 is 6.18 Å². The van der Waals surface area contributed by atoms with E-state index in [4.69, 9.17) is 0 Å². The molecule has 1 aliphatic carbocycles. The van der Waals surface area contributed by atoms with Gasteiger partial charge in [0.2, 0.25) is 0 Å². The van der Waals surface area contributed by atoms with Crippen LogP contribution in [0.5, 0.6) is 0 Å². The Morgan fingerprint density at radius 3 is 2.37 bits per heavy atom. The topological polar surface area (TPSA) is 16.6 Å². The van der Waals surface area contributed by atoms with Crippen molar-refractivity contribution >= 4 is 0 Å². The predicted octanol–water partition coefficient (Wildman–Crippen LogP) is 5.43. The van der Waals surface area contributed by atoms with Gasteiger partial charge in [0.05, 0.1) is 12.6 Å². The lowest BCUT2D eigenvalue weighted by Crippen LogP contribution is -2.91. The molecule has 0 fully saturated rings. The van der Waals surface area contributed by atoms with Gasteiger partial charge in [-0.3, -0.25) is 0 Å². The van der Waals surface area contributed by atoms with Crippen LogP contribution in [0.1, 0.15) is 52.6 Å². The smallest absolute Gasteiger partial charge is 0.336 e. The van der Waals surface area contributed by atoms with Gasteiger partial charge in [-0.15, -0.1) is 0 Å². The highest BCUT2D eigenvalue weighted by Crippen LogP contribution is 2.41. The number of rotatable bonds is 4. The summed E-state index contributed by atoms with van der Waals surface area (Å²) < 4.78 is 39.3. The summed E-state index contributed by atoms with van der Waals surface area (Å²) in [5.74, 6) is 0.263. The summed E-state index contributed by atoms with van der Waals surface area (Å²) in [5.41, 5.74) is 5.24. The summed E-state index contributed by atoms with van der Waals surface area (Å²) in [4.78, 5) is 0. The Morgan fingerprint density at radius 2 is 1.63 bits per heavy atom. The third kappa shape index (κ3) is 3.77. The fourth-order valence-corrected chi connectivity index (χ4v) is 4.86. The first-order chi connectivity index (χ1) is 14.3. The van der Waals surface area contributed by atoms with Crippen LogP contribution in [0.15, 0.2) is 72.8 Å². The maximum absolute atomic E-state index is 13.1. The maximum Gasteiger partial charge on any atom is 0.416 e. The van der Waals surface area contributed by atoms with E-state index in [2.05, 4.69) is 67.8 Å². The molecule has 0 bridgehead atoms. The first-order valence-corrected chi connectivity index (χ1v) is 10.5. The highest BCUT2D eigenvalue weighted by Gasteiger charge is 2.39. The van der Waals surface area contributed by atoms with Crippen molar-refractivity contribution in [2.45, 2.75) is 43.8 Å². The number of aryl methyl sites for hydroxylation is 1. The lowest BCUT2D eigenvalue weighted by atomic mass is 9.81. The summed E-state index contributed by atoms with van der Waals surface area (Å²) in [6, 6.07) is 22.9. The van der Waals surface area contributed by atoms with Crippen LogP contribution in [0.4, 0.5) is 13.2 Å². The normalized spacial score (nSPS) is 20.9. The van der Waals surface area contributed by atoms with Crippen LogP contribution >= 0.6 is 0 Å². The van der Waals surface area contributed by atoms with Crippen LogP contribution in [0.2, 0.25) is 0 Å². The zero-order chi connectivity index (χ0) is 21.4. The molecular weight excluding hydrogens is 383 g/mol. The summed E-state index contributed by atoms with van der Waals surface area (Å²) in [6.45, 7) is 2.26. The summed E-state index contributed by atoms with van der Waals surface area (Å²) in [6.07, 6.45) is -1.97. The standard InChI is InChI=1S/C26H26F3N/c1-25(30-2)23-12-5-3-9-20(23)17-19(22-11-4-6-13-24(22)25)15-14-18-8-7-10-21(16-18)26(27,28)29/h3-13,16,19,30H,14-15,17H2,1-2H3/p+1. The van der Waals surface area contributed by atoms with Crippen molar-refractivity contribution in [2.75, 3.05) is 7.05 Å². The van der Waals surface area contributed by atoms with E-state index in [9.17, 15) is 13.2 Å². The molecule has 0 aliphatic heterocycles. The molecule has 1 aliphatic rings. The molecule has 0 heterocycles. The van der Waals surface area contributed by atoms with Crippen molar-refractivity contribution < 1.29 is 18.5 Å². The number of hydrogen-bond acceptors (Lipinski definition) is 0. The van der Waals surface area contributed by atoms with E-state index in [0.29, 0.717) is 6.42 Å². The molecule has 4 rings (SSSR count). The van der Waals surface area contributed by atoms with Gasteiger partial charge < -0.3 is 5.32 Å². The molecule has 1 nitrogen and oxygen atoms in total. The second-order valence-corrected chi connectivity index (χ2v) is 8.37.